The van der Waals surface area contributed by atoms with Crippen molar-refractivity contribution >= 4 is 11.9 Å². The van der Waals surface area contributed by atoms with Gasteiger partial charge in [0.1, 0.15) is 18.4 Å². The van der Waals surface area contributed by atoms with Gasteiger partial charge in [-0.1, -0.05) is 43.7 Å². The summed E-state index contributed by atoms with van der Waals surface area (Å²) in [6.45, 7) is 10.5. The van der Waals surface area contributed by atoms with Crippen molar-refractivity contribution in [2.45, 2.75) is 33.2 Å². The number of allylic oxidation sites excluding steroid dienone is 1. The first-order chi connectivity index (χ1) is 13.5. The van der Waals surface area contributed by atoms with E-state index in [4.69, 9.17) is 9.47 Å². The molecular formula is C20H25N5O3. The molecule has 1 aromatic carbocycles. The molecule has 1 N–H and O–H groups in total. The summed E-state index contributed by atoms with van der Waals surface area (Å²) in [4.78, 5) is 12.7. The lowest BCUT2D eigenvalue weighted by molar-refractivity contribution is -0.138. The van der Waals surface area contributed by atoms with Gasteiger partial charge in [-0.2, -0.15) is 4.68 Å². The van der Waals surface area contributed by atoms with Crippen LogP contribution in [0.4, 0.5) is 5.95 Å². The van der Waals surface area contributed by atoms with Gasteiger partial charge in [0.25, 0.3) is 0 Å². The fourth-order valence-corrected chi connectivity index (χ4v) is 2.96. The van der Waals surface area contributed by atoms with E-state index in [2.05, 4.69) is 41.3 Å². The Morgan fingerprint density at radius 1 is 1.36 bits per heavy atom. The number of rotatable bonds is 8. The van der Waals surface area contributed by atoms with Gasteiger partial charge in [0.05, 0.1) is 12.2 Å². The summed E-state index contributed by atoms with van der Waals surface area (Å²) < 4.78 is 12.6. The molecule has 8 heteroatoms. The van der Waals surface area contributed by atoms with Crippen LogP contribution >= 0.6 is 0 Å². The monoisotopic (exact) mass is 383 g/mol. The van der Waals surface area contributed by atoms with Crippen molar-refractivity contribution in [1.82, 2.24) is 20.2 Å². The van der Waals surface area contributed by atoms with Crippen molar-refractivity contribution in [2.24, 2.45) is 5.92 Å². The van der Waals surface area contributed by atoms with Crippen molar-refractivity contribution in [3.05, 3.63) is 53.8 Å². The number of tetrazole rings is 1. The molecule has 2 heterocycles. The number of ether oxygens (including phenoxy) is 2. The van der Waals surface area contributed by atoms with Crippen molar-refractivity contribution < 1.29 is 14.3 Å². The summed E-state index contributed by atoms with van der Waals surface area (Å²) in [5, 5.41) is 14.8. The average Bonchev–Trinajstić information content (AvgIpc) is 3.13. The van der Waals surface area contributed by atoms with Crippen LogP contribution in [0.3, 0.4) is 0 Å². The van der Waals surface area contributed by atoms with Crippen molar-refractivity contribution in [3.8, 4) is 5.75 Å². The smallest absolute Gasteiger partial charge is 0.338 e. The van der Waals surface area contributed by atoms with Gasteiger partial charge in [-0.25, -0.2) is 4.79 Å². The molecule has 0 saturated carbocycles. The third kappa shape index (κ3) is 4.21. The van der Waals surface area contributed by atoms with E-state index in [1.165, 1.54) is 6.08 Å². The molecule has 3 rings (SSSR count). The molecule has 1 aliphatic heterocycles. The van der Waals surface area contributed by atoms with E-state index in [9.17, 15) is 4.79 Å². The normalized spacial score (nSPS) is 15.8. The van der Waals surface area contributed by atoms with E-state index in [0.717, 1.165) is 17.7 Å². The quantitative estimate of drug-likeness (QED) is 0.553. The lowest BCUT2D eigenvalue weighted by atomic mass is 9.96. The molecule has 2 aromatic rings. The van der Waals surface area contributed by atoms with E-state index in [0.29, 0.717) is 29.7 Å². The summed E-state index contributed by atoms with van der Waals surface area (Å²) in [5.74, 6) is 1.41. The van der Waals surface area contributed by atoms with Crippen molar-refractivity contribution in [3.63, 3.8) is 0 Å². The molecule has 0 fully saturated rings. The predicted molar refractivity (Wildman–Crippen MR) is 105 cm³/mol. The number of nitrogens with zero attached hydrogens (tertiary/aromatic N) is 4. The van der Waals surface area contributed by atoms with Gasteiger partial charge in [0.2, 0.25) is 5.95 Å². The van der Waals surface area contributed by atoms with E-state index >= 15 is 0 Å². The van der Waals surface area contributed by atoms with Crippen LogP contribution in [0.5, 0.6) is 5.75 Å². The number of fused-ring (bicyclic) bond motifs is 1. The minimum atomic E-state index is -0.492. The highest BCUT2D eigenvalue weighted by Crippen LogP contribution is 2.35. The first kappa shape index (κ1) is 19.6. The van der Waals surface area contributed by atoms with Crippen LogP contribution in [0.25, 0.3) is 0 Å². The molecule has 1 aromatic heterocycles. The van der Waals surface area contributed by atoms with Gasteiger partial charge in [-0.15, -0.1) is 0 Å². The molecule has 0 spiro atoms. The number of anilines is 1. The number of carbonyl (C=O) groups excluding carboxylic acids is 1. The first-order valence-electron chi connectivity index (χ1n) is 9.27. The topological polar surface area (TPSA) is 91.2 Å². The highest BCUT2D eigenvalue weighted by molar-refractivity contribution is 5.92. The van der Waals surface area contributed by atoms with Crippen molar-refractivity contribution in [1.29, 1.82) is 0 Å². The van der Waals surface area contributed by atoms with Gasteiger partial charge in [-0.3, -0.25) is 0 Å². The maximum absolute atomic E-state index is 12.7. The third-order valence-corrected chi connectivity index (χ3v) is 4.43. The Hall–Kier alpha value is -3.16. The highest BCUT2D eigenvalue weighted by Gasteiger charge is 2.34. The molecule has 0 bridgehead atoms. The van der Waals surface area contributed by atoms with Crippen LogP contribution in [0, 0.1) is 5.92 Å². The van der Waals surface area contributed by atoms with Crippen LogP contribution in [0.2, 0.25) is 0 Å². The molecule has 8 nitrogen and oxygen atoms in total. The second-order valence-electron chi connectivity index (χ2n) is 7.00. The number of esters is 1. The lowest BCUT2D eigenvalue weighted by Gasteiger charge is -2.27. The van der Waals surface area contributed by atoms with E-state index < -0.39 is 12.0 Å². The Bertz CT molecular complexity index is 870. The Kier molecular flexibility index (Phi) is 6.08. The largest absolute Gasteiger partial charge is 0.494 e. The van der Waals surface area contributed by atoms with Crippen molar-refractivity contribution in [2.75, 3.05) is 18.5 Å². The average molecular weight is 383 g/mol. The molecule has 1 aliphatic rings. The minimum Gasteiger partial charge on any atom is -0.494 e. The summed E-state index contributed by atoms with van der Waals surface area (Å²) in [6.07, 6.45) is 2.52. The fraction of sp³-hybridized carbons (Fsp3) is 0.400. The van der Waals surface area contributed by atoms with Crippen LogP contribution in [-0.2, 0) is 9.53 Å². The first-order valence-corrected chi connectivity index (χ1v) is 9.27. The molecule has 0 saturated heterocycles. The minimum absolute atomic E-state index is 0.132. The predicted octanol–water partition coefficient (Wildman–Crippen LogP) is 3.12. The van der Waals surface area contributed by atoms with E-state index in [1.807, 2.05) is 24.3 Å². The molecule has 0 radical (unpaired) electrons. The van der Waals surface area contributed by atoms with Gasteiger partial charge < -0.3 is 14.8 Å². The number of aromatic nitrogens is 4. The van der Waals surface area contributed by atoms with Crippen LogP contribution in [0.1, 0.15) is 38.8 Å². The summed E-state index contributed by atoms with van der Waals surface area (Å²) in [7, 11) is 0. The Morgan fingerprint density at radius 3 is 2.79 bits per heavy atom. The van der Waals surface area contributed by atoms with E-state index in [1.54, 1.807) is 11.6 Å². The Labute approximate surface area is 164 Å². The van der Waals surface area contributed by atoms with Gasteiger partial charge in [-0.05, 0) is 47.4 Å². The van der Waals surface area contributed by atoms with E-state index in [-0.39, 0.29) is 6.61 Å². The van der Waals surface area contributed by atoms with Crippen LogP contribution < -0.4 is 10.1 Å². The lowest BCUT2D eigenvalue weighted by Crippen LogP contribution is -2.29. The van der Waals surface area contributed by atoms with Gasteiger partial charge >= 0.3 is 5.97 Å². The highest BCUT2D eigenvalue weighted by atomic mass is 16.5. The molecular weight excluding hydrogens is 358 g/mol. The second kappa shape index (κ2) is 8.69. The number of carbonyl (C=O) groups is 1. The summed E-state index contributed by atoms with van der Waals surface area (Å²) in [5.41, 5.74) is 1.96. The number of benzene rings is 1. The molecule has 1 unspecified atom stereocenters. The SMILES string of the molecule is C=CCOC(=O)C1=C(C)Nc2nnnn2C1c1ccc(OCCC(C)C)cc1. The molecule has 148 valence electrons. The number of hydrogen-bond donors (Lipinski definition) is 1. The Balaban J connectivity index is 1.88. The standard InChI is InChI=1S/C20H25N5O3/c1-5-11-28-19(26)17-14(4)21-20-22-23-24-25(20)18(17)15-6-8-16(9-7-15)27-12-10-13(2)3/h5-9,13,18H,1,10-12H2,2-4H3,(H,21,22,24). The van der Waals surface area contributed by atoms with Crippen LogP contribution in [0.15, 0.2) is 48.2 Å². The molecule has 1 atom stereocenters. The molecule has 0 aliphatic carbocycles. The van der Waals surface area contributed by atoms with Gasteiger partial charge in [0, 0.05) is 5.70 Å². The zero-order valence-corrected chi connectivity index (χ0v) is 16.4. The summed E-state index contributed by atoms with van der Waals surface area (Å²) >= 11 is 0. The van der Waals surface area contributed by atoms with Crippen LogP contribution in [-0.4, -0.2) is 39.4 Å². The third-order valence-electron chi connectivity index (χ3n) is 4.43. The number of hydrogen-bond acceptors (Lipinski definition) is 7. The number of nitrogens with one attached hydrogen (secondary N) is 1. The molecule has 28 heavy (non-hydrogen) atoms. The zero-order valence-electron chi connectivity index (χ0n) is 16.4. The second-order valence-corrected chi connectivity index (χ2v) is 7.00. The van der Waals surface area contributed by atoms with Gasteiger partial charge in [0.15, 0.2) is 0 Å². The Morgan fingerprint density at radius 2 is 2.11 bits per heavy atom. The maximum atomic E-state index is 12.7. The zero-order chi connectivity index (χ0) is 20.1. The molecule has 0 amide bonds. The fourth-order valence-electron chi connectivity index (χ4n) is 2.96. The maximum Gasteiger partial charge on any atom is 0.338 e. The summed E-state index contributed by atoms with van der Waals surface area (Å²) in [6, 6.07) is 7.13.